The Kier molecular flexibility index (Phi) is 4.55. The Morgan fingerprint density at radius 3 is 2.24 bits per heavy atom. The highest BCUT2D eigenvalue weighted by Gasteiger charge is 2.11. The van der Waals surface area contributed by atoms with Crippen LogP contribution in [0.3, 0.4) is 0 Å². The van der Waals surface area contributed by atoms with Gasteiger partial charge in [-0.1, -0.05) is 33.8 Å². The van der Waals surface area contributed by atoms with E-state index in [-0.39, 0.29) is 6.61 Å². The quantitative estimate of drug-likeness (QED) is 0.852. The highest BCUT2D eigenvalue weighted by Crippen LogP contribution is 2.29. The van der Waals surface area contributed by atoms with Crippen LogP contribution in [-0.2, 0) is 4.79 Å². The number of carboxylic acids is 1. The van der Waals surface area contributed by atoms with Crippen LogP contribution in [0, 0.1) is 0 Å². The first-order chi connectivity index (χ1) is 7.91. The number of hydrogen-bond acceptors (Lipinski definition) is 2. The maximum atomic E-state index is 10.4. The van der Waals surface area contributed by atoms with Gasteiger partial charge in [0.2, 0.25) is 0 Å². The molecule has 0 spiro atoms. The second kappa shape index (κ2) is 5.71. The van der Waals surface area contributed by atoms with Gasteiger partial charge >= 0.3 is 5.97 Å². The zero-order chi connectivity index (χ0) is 13.0. The van der Waals surface area contributed by atoms with Crippen LogP contribution >= 0.6 is 0 Å². The lowest BCUT2D eigenvalue weighted by molar-refractivity contribution is -0.139. The zero-order valence-electron chi connectivity index (χ0n) is 10.9. The van der Waals surface area contributed by atoms with Gasteiger partial charge in [0.15, 0.2) is 6.61 Å². The first-order valence-electron chi connectivity index (χ1n) is 5.90. The first-order valence-corrected chi connectivity index (χ1v) is 5.90. The summed E-state index contributed by atoms with van der Waals surface area (Å²) in [5.41, 5.74) is 2.52. The Morgan fingerprint density at radius 2 is 1.76 bits per heavy atom. The molecule has 0 heterocycles. The van der Waals surface area contributed by atoms with E-state index < -0.39 is 5.97 Å². The normalized spacial score (nSPS) is 10.9. The largest absolute Gasteiger partial charge is 0.482 e. The van der Waals surface area contributed by atoms with Gasteiger partial charge in [-0.25, -0.2) is 4.79 Å². The van der Waals surface area contributed by atoms with Crippen LogP contribution in [0.15, 0.2) is 18.2 Å². The molecule has 0 fully saturated rings. The van der Waals surface area contributed by atoms with E-state index in [9.17, 15) is 4.79 Å². The fourth-order valence-electron chi connectivity index (χ4n) is 1.81. The molecule has 0 radical (unpaired) electrons. The molecule has 1 rings (SSSR count). The molecule has 94 valence electrons. The molecular weight excluding hydrogens is 216 g/mol. The third kappa shape index (κ3) is 3.77. The topological polar surface area (TPSA) is 46.5 Å². The van der Waals surface area contributed by atoms with E-state index in [0.29, 0.717) is 17.6 Å². The van der Waals surface area contributed by atoms with Crippen LogP contribution in [0.5, 0.6) is 5.75 Å². The SMILES string of the molecule is CC(C)c1ccc(OCC(=O)O)cc1C(C)C. The predicted molar refractivity (Wildman–Crippen MR) is 67.8 cm³/mol. The standard InChI is InChI=1S/C14H20O3/c1-9(2)12-6-5-11(17-8-14(15)16)7-13(12)10(3)4/h5-7,9-10H,8H2,1-4H3,(H,15,16). The summed E-state index contributed by atoms with van der Waals surface area (Å²) in [5, 5.41) is 8.57. The maximum Gasteiger partial charge on any atom is 0.341 e. The van der Waals surface area contributed by atoms with Crippen molar-refractivity contribution in [3.8, 4) is 5.75 Å². The summed E-state index contributed by atoms with van der Waals surface area (Å²) >= 11 is 0. The average Bonchev–Trinajstić information content (AvgIpc) is 2.25. The smallest absolute Gasteiger partial charge is 0.341 e. The molecule has 3 nitrogen and oxygen atoms in total. The Balaban J connectivity index is 2.97. The van der Waals surface area contributed by atoms with Gasteiger partial charge in [-0.2, -0.15) is 0 Å². The molecule has 3 heteroatoms. The molecule has 0 aliphatic heterocycles. The van der Waals surface area contributed by atoms with Gasteiger partial charge in [0.1, 0.15) is 5.75 Å². The zero-order valence-corrected chi connectivity index (χ0v) is 10.9. The molecule has 1 aromatic carbocycles. The number of aliphatic carboxylic acids is 1. The first kappa shape index (κ1) is 13.6. The highest BCUT2D eigenvalue weighted by molar-refractivity contribution is 5.68. The summed E-state index contributed by atoms with van der Waals surface area (Å²) < 4.78 is 5.19. The van der Waals surface area contributed by atoms with Gasteiger partial charge in [-0.3, -0.25) is 0 Å². The van der Waals surface area contributed by atoms with Gasteiger partial charge in [-0.05, 0) is 35.1 Å². The van der Waals surface area contributed by atoms with Gasteiger partial charge in [-0.15, -0.1) is 0 Å². The van der Waals surface area contributed by atoms with Crippen molar-refractivity contribution in [2.45, 2.75) is 39.5 Å². The van der Waals surface area contributed by atoms with Crippen molar-refractivity contribution in [3.05, 3.63) is 29.3 Å². The summed E-state index contributed by atoms with van der Waals surface area (Å²) in [7, 11) is 0. The molecule has 0 saturated heterocycles. The predicted octanol–water partition coefficient (Wildman–Crippen LogP) is 3.40. The van der Waals surface area contributed by atoms with E-state index in [0.717, 1.165) is 0 Å². The third-order valence-electron chi connectivity index (χ3n) is 2.66. The lowest BCUT2D eigenvalue weighted by atomic mass is 9.90. The minimum atomic E-state index is -0.955. The molecule has 0 amide bonds. The van der Waals surface area contributed by atoms with Gasteiger partial charge in [0, 0.05) is 0 Å². The average molecular weight is 236 g/mol. The van der Waals surface area contributed by atoms with Crippen LogP contribution in [-0.4, -0.2) is 17.7 Å². The minimum Gasteiger partial charge on any atom is -0.482 e. The lowest BCUT2D eigenvalue weighted by Crippen LogP contribution is -2.10. The Labute approximate surface area is 102 Å². The molecule has 0 aliphatic carbocycles. The molecule has 0 aliphatic rings. The van der Waals surface area contributed by atoms with Crippen LogP contribution < -0.4 is 4.74 Å². The van der Waals surface area contributed by atoms with Crippen molar-refractivity contribution in [2.24, 2.45) is 0 Å². The van der Waals surface area contributed by atoms with E-state index in [4.69, 9.17) is 9.84 Å². The molecule has 0 atom stereocenters. The number of rotatable bonds is 5. The van der Waals surface area contributed by atoms with Crippen molar-refractivity contribution in [2.75, 3.05) is 6.61 Å². The number of carboxylic acid groups (broad SMARTS) is 1. The summed E-state index contributed by atoms with van der Waals surface area (Å²) in [6.45, 7) is 8.26. The van der Waals surface area contributed by atoms with Gasteiger partial charge in [0.05, 0.1) is 0 Å². The van der Waals surface area contributed by atoms with E-state index in [1.165, 1.54) is 11.1 Å². The molecule has 0 saturated carbocycles. The third-order valence-corrected chi connectivity index (χ3v) is 2.66. The Bertz CT molecular complexity index is 394. The van der Waals surface area contributed by atoms with Gasteiger partial charge in [0.25, 0.3) is 0 Å². The Hall–Kier alpha value is -1.51. The van der Waals surface area contributed by atoms with E-state index >= 15 is 0 Å². The lowest BCUT2D eigenvalue weighted by Gasteiger charge is -2.17. The summed E-state index contributed by atoms with van der Waals surface area (Å²) in [6, 6.07) is 5.81. The molecule has 0 unspecified atom stereocenters. The van der Waals surface area contributed by atoms with Crippen molar-refractivity contribution in [1.29, 1.82) is 0 Å². The number of hydrogen-bond donors (Lipinski definition) is 1. The van der Waals surface area contributed by atoms with Crippen molar-refractivity contribution in [3.63, 3.8) is 0 Å². The maximum absolute atomic E-state index is 10.4. The van der Waals surface area contributed by atoms with Crippen LogP contribution in [0.2, 0.25) is 0 Å². The molecule has 1 N–H and O–H groups in total. The highest BCUT2D eigenvalue weighted by atomic mass is 16.5. The van der Waals surface area contributed by atoms with Crippen LogP contribution in [0.1, 0.15) is 50.7 Å². The van der Waals surface area contributed by atoms with E-state index in [2.05, 4.69) is 27.7 Å². The number of benzene rings is 1. The second-order valence-electron chi connectivity index (χ2n) is 4.78. The van der Waals surface area contributed by atoms with Gasteiger partial charge < -0.3 is 9.84 Å². The molecular formula is C14H20O3. The van der Waals surface area contributed by atoms with Crippen LogP contribution in [0.4, 0.5) is 0 Å². The summed E-state index contributed by atoms with van der Waals surface area (Å²) in [4.78, 5) is 10.4. The molecule has 17 heavy (non-hydrogen) atoms. The fourth-order valence-corrected chi connectivity index (χ4v) is 1.81. The number of ether oxygens (including phenoxy) is 1. The van der Waals surface area contributed by atoms with E-state index in [1.54, 1.807) is 0 Å². The minimum absolute atomic E-state index is 0.293. The van der Waals surface area contributed by atoms with Crippen molar-refractivity contribution < 1.29 is 14.6 Å². The second-order valence-corrected chi connectivity index (χ2v) is 4.78. The molecule has 0 bridgehead atoms. The fraction of sp³-hybridized carbons (Fsp3) is 0.500. The van der Waals surface area contributed by atoms with Crippen molar-refractivity contribution in [1.82, 2.24) is 0 Å². The monoisotopic (exact) mass is 236 g/mol. The summed E-state index contributed by atoms with van der Waals surface area (Å²) in [5.74, 6) is 0.534. The van der Waals surface area contributed by atoms with E-state index in [1.807, 2.05) is 18.2 Å². The summed E-state index contributed by atoms with van der Waals surface area (Å²) in [6.07, 6.45) is 0. The number of carbonyl (C=O) groups is 1. The molecule has 0 aromatic heterocycles. The Morgan fingerprint density at radius 1 is 1.18 bits per heavy atom. The van der Waals surface area contributed by atoms with Crippen LogP contribution in [0.25, 0.3) is 0 Å². The molecule has 1 aromatic rings. The van der Waals surface area contributed by atoms with Crippen molar-refractivity contribution >= 4 is 5.97 Å².